The highest BCUT2D eigenvalue weighted by molar-refractivity contribution is 6.33. The summed E-state index contributed by atoms with van der Waals surface area (Å²) in [5, 5.41) is -0.0689. The topological polar surface area (TPSA) is 12.9 Å². The lowest BCUT2D eigenvalue weighted by molar-refractivity contribution is 0.623. The number of hydrogen-bond donors (Lipinski definition) is 0. The van der Waals surface area contributed by atoms with Gasteiger partial charge in [-0.25, -0.2) is 9.37 Å². The van der Waals surface area contributed by atoms with E-state index in [0.29, 0.717) is 0 Å². The molecule has 1 aromatic heterocycles. The zero-order valence-corrected chi connectivity index (χ0v) is 5.61. The summed E-state index contributed by atoms with van der Waals surface area (Å²) in [4.78, 5) is 3.57. The van der Waals surface area contributed by atoms with Gasteiger partial charge in [-0.1, -0.05) is 17.1 Å². The van der Waals surface area contributed by atoms with Crippen LogP contribution < -0.4 is 5.46 Å². The van der Waals surface area contributed by atoms with Crippen LogP contribution in [0.5, 0.6) is 0 Å². The molecule has 0 aromatic carbocycles. The lowest BCUT2D eigenvalue weighted by atomic mass is 9.99. The minimum Gasteiger partial charge on any atom is -0.242 e. The first-order chi connectivity index (χ1) is 4.20. The predicted octanol–water partition coefficient (Wildman–Crippen LogP) is 0.133. The molecule has 1 nitrogen and oxygen atoms in total. The predicted molar refractivity (Wildman–Crippen MR) is 37.4 cm³/mol. The van der Waals surface area contributed by atoms with Crippen LogP contribution in [0.3, 0.4) is 0 Å². The molecule has 4 heteroatoms. The second kappa shape index (κ2) is 2.35. The first-order valence-electron chi connectivity index (χ1n) is 2.48. The van der Waals surface area contributed by atoms with Crippen LogP contribution in [0.1, 0.15) is 0 Å². The summed E-state index contributed by atoms with van der Waals surface area (Å²) in [6.07, 6.45) is 1.52. The molecular weight excluding hydrogens is 139 g/mol. The quantitative estimate of drug-likeness (QED) is 0.372. The van der Waals surface area contributed by atoms with Crippen LogP contribution in [0.25, 0.3) is 0 Å². The molecule has 0 N–H and O–H groups in total. The Balaban J connectivity index is 3.17. The summed E-state index contributed by atoms with van der Waals surface area (Å²) in [5.41, 5.74) is 0.775. The highest BCUT2D eigenvalue weighted by Gasteiger charge is 1.97. The second-order valence-electron chi connectivity index (χ2n) is 1.79. The largest absolute Gasteiger partial charge is 0.242 e. The lowest BCUT2D eigenvalue weighted by Gasteiger charge is -1.92. The van der Waals surface area contributed by atoms with Crippen LogP contribution in [0.15, 0.2) is 12.3 Å². The zero-order chi connectivity index (χ0) is 6.85. The maximum Gasteiger partial charge on any atom is 0.164 e. The van der Waals surface area contributed by atoms with Crippen molar-refractivity contribution in [2.24, 2.45) is 0 Å². The van der Waals surface area contributed by atoms with Gasteiger partial charge in [0.15, 0.2) is 11.0 Å². The van der Waals surface area contributed by atoms with Crippen molar-refractivity contribution in [3.63, 3.8) is 0 Å². The van der Waals surface area contributed by atoms with Gasteiger partial charge in [0.1, 0.15) is 7.85 Å². The Morgan fingerprint density at radius 3 is 2.78 bits per heavy atom. The Hall–Kier alpha value is -0.565. The number of pyridine rings is 1. The van der Waals surface area contributed by atoms with Crippen LogP contribution in [-0.4, -0.2) is 12.8 Å². The van der Waals surface area contributed by atoms with Crippen molar-refractivity contribution in [2.75, 3.05) is 0 Å². The van der Waals surface area contributed by atoms with E-state index in [0.717, 1.165) is 5.46 Å². The highest BCUT2D eigenvalue weighted by Crippen LogP contribution is 2.05. The van der Waals surface area contributed by atoms with Gasteiger partial charge in [-0.15, -0.1) is 0 Å². The van der Waals surface area contributed by atoms with E-state index in [1.54, 1.807) is 7.85 Å². The van der Waals surface area contributed by atoms with Gasteiger partial charge in [-0.3, -0.25) is 0 Å². The van der Waals surface area contributed by atoms with E-state index >= 15 is 0 Å². The molecule has 46 valence electrons. The van der Waals surface area contributed by atoms with Gasteiger partial charge in [0, 0.05) is 6.20 Å². The summed E-state index contributed by atoms with van der Waals surface area (Å²) in [7, 11) is 1.76. The Morgan fingerprint density at radius 2 is 2.33 bits per heavy atom. The molecule has 0 unspecified atom stereocenters. The van der Waals surface area contributed by atoms with E-state index in [9.17, 15) is 4.39 Å². The van der Waals surface area contributed by atoms with E-state index in [1.807, 2.05) is 0 Å². The summed E-state index contributed by atoms with van der Waals surface area (Å²) < 4.78 is 12.4. The monoisotopic (exact) mass is 143 g/mol. The van der Waals surface area contributed by atoms with Crippen molar-refractivity contribution in [1.29, 1.82) is 0 Å². The molecule has 0 bridgehead atoms. The summed E-state index contributed by atoms with van der Waals surface area (Å²) in [6.45, 7) is 0. The normalized spacial score (nSPS) is 9.56. The summed E-state index contributed by atoms with van der Waals surface area (Å²) in [6, 6.07) is 1.34. The molecule has 0 saturated carbocycles. The first-order valence-corrected chi connectivity index (χ1v) is 2.85. The molecular formula is C5H4BClFN. The van der Waals surface area contributed by atoms with Crippen molar-refractivity contribution in [3.8, 4) is 0 Å². The number of halogens is 2. The fourth-order valence-corrected chi connectivity index (χ4v) is 0.620. The molecule has 0 atom stereocenters. The van der Waals surface area contributed by atoms with E-state index in [4.69, 9.17) is 11.6 Å². The number of aromatic nitrogens is 1. The molecule has 0 saturated heterocycles. The Morgan fingerprint density at radius 1 is 1.67 bits per heavy atom. The molecule has 0 aliphatic rings. The van der Waals surface area contributed by atoms with Gasteiger partial charge in [0.2, 0.25) is 0 Å². The average molecular weight is 143 g/mol. The molecule has 0 spiro atoms. The lowest BCUT2D eigenvalue weighted by Crippen LogP contribution is -2.03. The van der Waals surface area contributed by atoms with E-state index in [2.05, 4.69) is 4.98 Å². The van der Waals surface area contributed by atoms with E-state index in [1.165, 1.54) is 12.3 Å². The molecule has 0 amide bonds. The Kier molecular flexibility index (Phi) is 1.71. The minimum absolute atomic E-state index is 0.0689. The van der Waals surface area contributed by atoms with Gasteiger partial charge < -0.3 is 0 Å². The van der Waals surface area contributed by atoms with Crippen molar-refractivity contribution in [2.45, 2.75) is 0 Å². The third kappa shape index (κ3) is 1.42. The van der Waals surface area contributed by atoms with Crippen molar-refractivity contribution >= 4 is 24.9 Å². The molecule has 9 heavy (non-hydrogen) atoms. The van der Waals surface area contributed by atoms with Gasteiger partial charge >= 0.3 is 0 Å². The molecule has 0 fully saturated rings. The van der Waals surface area contributed by atoms with Crippen LogP contribution in [0, 0.1) is 5.82 Å². The first kappa shape index (κ1) is 6.55. The van der Waals surface area contributed by atoms with E-state index < -0.39 is 5.82 Å². The second-order valence-corrected chi connectivity index (χ2v) is 2.14. The van der Waals surface area contributed by atoms with Crippen molar-refractivity contribution in [1.82, 2.24) is 4.98 Å². The third-order valence-electron chi connectivity index (χ3n) is 0.933. The summed E-state index contributed by atoms with van der Waals surface area (Å²) >= 11 is 5.29. The summed E-state index contributed by atoms with van der Waals surface area (Å²) in [5.74, 6) is -0.461. The molecule has 1 heterocycles. The van der Waals surface area contributed by atoms with Crippen molar-refractivity contribution in [3.05, 3.63) is 23.2 Å². The highest BCUT2D eigenvalue weighted by atomic mass is 35.5. The number of hydrogen-bond acceptors (Lipinski definition) is 1. The molecule has 0 aliphatic carbocycles. The molecule has 0 radical (unpaired) electrons. The fraction of sp³-hybridized carbons (Fsp3) is 0. The molecule has 0 aliphatic heterocycles. The smallest absolute Gasteiger partial charge is 0.164 e. The number of rotatable bonds is 0. The SMILES string of the molecule is Bc1cnc(Cl)c(F)c1. The van der Waals surface area contributed by atoms with Gasteiger partial charge in [0.25, 0.3) is 0 Å². The van der Waals surface area contributed by atoms with Gasteiger partial charge in [-0.2, -0.15) is 0 Å². The zero-order valence-electron chi connectivity index (χ0n) is 4.86. The van der Waals surface area contributed by atoms with Crippen LogP contribution in [0.2, 0.25) is 5.15 Å². The Labute approximate surface area is 58.3 Å². The van der Waals surface area contributed by atoms with Gasteiger partial charge in [-0.05, 0) is 6.07 Å². The number of nitrogens with zero attached hydrogens (tertiary/aromatic N) is 1. The Bertz CT molecular complexity index is 228. The van der Waals surface area contributed by atoms with Crippen LogP contribution >= 0.6 is 11.6 Å². The van der Waals surface area contributed by atoms with Crippen LogP contribution in [-0.2, 0) is 0 Å². The molecule has 1 rings (SSSR count). The van der Waals surface area contributed by atoms with Crippen molar-refractivity contribution < 1.29 is 4.39 Å². The minimum atomic E-state index is -0.461. The fourth-order valence-electron chi connectivity index (χ4n) is 0.517. The maximum atomic E-state index is 12.4. The van der Waals surface area contributed by atoms with Crippen LogP contribution in [0.4, 0.5) is 4.39 Å². The average Bonchev–Trinajstić information content (AvgIpc) is 1.80. The maximum absolute atomic E-state index is 12.4. The standard InChI is InChI=1S/C5H4BClFN/c6-3-1-4(8)5(7)9-2-3/h1-2H,6H2. The van der Waals surface area contributed by atoms with E-state index in [-0.39, 0.29) is 5.15 Å². The molecule has 1 aromatic rings. The third-order valence-corrected chi connectivity index (χ3v) is 1.21. The van der Waals surface area contributed by atoms with Gasteiger partial charge in [0.05, 0.1) is 0 Å².